The number of nitriles is 1. The van der Waals surface area contributed by atoms with Crippen molar-refractivity contribution in [3.63, 3.8) is 0 Å². The molecule has 0 aliphatic heterocycles. The highest BCUT2D eigenvalue weighted by molar-refractivity contribution is 6.04. The van der Waals surface area contributed by atoms with Gasteiger partial charge in [0.15, 0.2) is 0 Å². The number of carbonyl (C=O) groups excluding carboxylic acids is 1. The number of nitrogens with one attached hydrogen (secondary N) is 1. The number of hydrogen-bond acceptors (Lipinski definition) is 3. The maximum Gasteiger partial charge on any atom is 0.257 e. The number of aromatic nitrogens is 1. The van der Waals surface area contributed by atoms with E-state index in [9.17, 15) is 13.6 Å². The van der Waals surface area contributed by atoms with Crippen LogP contribution in [0.2, 0.25) is 0 Å². The van der Waals surface area contributed by atoms with E-state index in [1.54, 1.807) is 6.07 Å². The van der Waals surface area contributed by atoms with Crippen molar-refractivity contribution in [1.29, 1.82) is 5.26 Å². The van der Waals surface area contributed by atoms with E-state index in [0.717, 1.165) is 24.4 Å². The number of hydrogen-bond donors (Lipinski definition) is 1. The summed E-state index contributed by atoms with van der Waals surface area (Å²) in [6.07, 6.45) is 1.07. The van der Waals surface area contributed by atoms with Gasteiger partial charge >= 0.3 is 0 Å². The minimum absolute atomic E-state index is 0.00317. The lowest BCUT2D eigenvalue weighted by atomic mass is 10.1. The number of pyridine rings is 1. The molecule has 1 aromatic heterocycles. The molecule has 1 N–H and O–H groups in total. The number of benzene rings is 1. The second kappa shape index (κ2) is 5.23. The smallest absolute Gasteiger partial charge is 0.257 e. The predicted molar refractivity (Wildman–Crippen MR) is 63.3 cm³/mol. The number of carbonyl (C=O) groups is 1. The fourth-order valence-corrected chi connectivity index (χ4v) is 1.42. The van der Waals surface area contributed by atoms with Crippen molar-refractivity contribution in [3.05, 3.63) is 59.4 Å². The lowest BCUT2D eigenvalue weighted by Gasteiger charge is -2.06. The molecule has 1 aromatic carbocycles. The van der Waals surface area contributed by atoms with Crippen LogP contribution in [0.15, 0.2) is 36.5 Å². The monoisotopic (exact) mass is 259 g/mol. The van der Waals surface area contributed by atoms with Crippen LogP contribution in [-0.2, 0) is 0 Å². The Hall–Kier alpha value is -2.81. The Labute approximate surface area is 107 Å². The van der Waals surface area contributed by atoms with Gasteiger partial charge in [-0.15, -0.1) is 0 Å². The van der Waals surface area contributed by atoms with Gasteiger partial charge in [0.05, 0.1) is 16.8 Å². The second-order valence-corrected chi connectivity index (χ2v) is 3.63. The Morgan fingerprint density at radius 2 is 2.05 bits per heavy atom. The summed E-state index contributed by atoms with van der Waals surface area (Å²) < 4.78 is 25.5. The van der Waals surface area contributed by atoms with Crippen molar-refractivity contribution in [2.75, 3.05) is 5.32 Å². The van der Waals surface area contributed by atoms with Crippen molar-refractivity contribution in [3.8, 4) is 6.07 Å². The molecule has 4 nitrogen and oxygen atoms in total. The molecule has 1 heterocycles. The molecular weight excluding hydrogens is 252 g/mol. The Balaban J connectivity index is 2.24. The number of rotatable bonds is 2. The van der Waals surface area contributed by atoms with Gasteiger partial charge in [-0.3, -0.25) is 4.79 Å². The first-order chi connectivity index (χ1) is 9.10. The molecule has 0 saturated heterocycles. The number of anilines is 1. The van der Waals surface area contributed by atoms with Gasteiger partial charge < -0.3 is 5.32 Å². The highest BCUT2D eigenvalue weighted by Crippen LogP contribution is 2.17. The molecule has 0 saturated carbocycles. The van der Waals surface area contributed by atoms with Gasteiger partial charge in [-0.05, 0) is 30.3 Å². The Bertz CT molecular complexity index is 663. The minimum Gasteiger partial charge on any atom is -0.321 e. The molecule has 0 atom stereocenters. The van der Waals surface area contributed by atoms with Crippen molar-refractivity contribution in [1.82, 2.24) is 4.98 Å². The lowest BCUT2D eigenvalue weighted by Crippen LogP contribution is -2.13. The molecule has 0 aliphatic rings. The maximum absolute atomic E-state index is 12.9. The SMILES string of the molecule is N#Cc1cc(F)ccc1NC(=O)c1ccc(F)nc1. The van der Waals surface area contributed by atoms with Crippen molar-refractivity contribution in [2.45, 2.75) is 0 Å². The summed E-state index contributed by atoms with van der Waals surface area (Å²) in [6.45, 7) is 0. The topological polar surface area (TPSA) is 65.8 Å². The first-order valence-electron chi connectivity index (χ1n) is 5.22. The zero-order chi connectivity index (χ0) is 13.8. The van der Waals surface area contributed by atoms with Crippen molar-refractivity contribution in [2.24, 2.45) is 0 Å². The van der Waals surface area contributed by atoms with Gasteiger partial charge in [0.25, 0.3) is 5.91 Å². The van der Waals surface area contributed by atoms with E-state index in [2.05, 4.69) is 10.3 Å². The molecule has 19 heavy (non-hydrogen) atoms. The number of nitrogens with zero attached hydrogens (tertiary/aromatic N) is 2. The van der Waals surface area contributed by atoms with Crippen LogP contribution >= 0.6 is 0 Å². The van der Waals surface area contributed by atoms with Gasteiger partial charge in [0.1, 0.15) is 11.9 Å². The maximum atomic E-state index is 12.9. The summed E-state index contributed by atoms with van der Waals surface area (Å²) in [6, 6.07) is 7.49. The van der Waals surface area contributed by atoms with E-state index in [1.807, 2.05) is 0 Å². The predicted octanol–water partition coefficient (Wildman–Crippen LogP) is 2.48. The summed E-state index contributed by atoms with van der Waals surface area (Å²) in [5, 5.41) is 11.3. The molecule has 0 spiro atoms. The summed E-state index contributed by atoms with van der Waals surface area (Å²) in [7, 11) is 0. The van der Waals surface area contributed by atoms with Crippen LogP contribution in [0.1, 0.15) is 15.9 Å². The summed E-state index contributed by atoms with van der Waals surface area (Å²) in [5.41, 5.74) is 0.316. The van der Waals surface area contributed by atoms with Crippen LogP contribution in [-0.4, -0.2) is 10.9 Å². The van der Waals surface area contributed by atoms with Crippen LogP contribution in [0.5, 0.6) is 0 Å². The van der Waals surface area contributed by atoms with Gasteiger partial charge in [-0.1, -0.05) is 0 Å². The molecule has 0 bridgehead atoms. The van der Waals surface area contributed by atoms with E-state index >= 15 is 0 Å². The molecule has 94 valence electrons. The zero-order valence-corrected chi connectivity index (χ0v) is 9.52. The zero-order valence-electron chi connectivity index (χ0n) is 9.52. The molecule has 0 fully saturated rings. The first kappa shape index (κ1) is 12.6. The van der Waals surface area contributed by atoms with Crippen LogP contribution in [0.25, 0.3) is 0 Å². The summed E-state index contributed by atoms with van der Waals surface area (Å²) in [4.78, 5) is 15.1. The van der Waals surface area contributed by atoms with Crippen LogP contribution in [0.4, 0.5) is 14.5 Å². The Morgan fingerprint density at radius 1 is 1.26 bits per heavy atom. The lowest BCUT2D eigenvalue weighted by molar-refractivity contribution is 0.102. The van der Waals surface area contributed by atoms with Gasteiger partial charge in [-0.25, -0.2) is 9.37 Å². The van der Waals surface area contributed by atoms with Gasteiger partial charge in [0.2, 0.25) is 5.95 Å². The molecule has 1 amide bonds. The van der Waals surface area contributed by atoms with E-state index in [1.165, 1.54) is 12.1 Å². The number of amides is 1. The van der Waals surface area contributed by atoms with Crippen molar-refractivity contribution >= 4 is 11.6 Å². The third-order valence-electron chi connectivity index (χ3n) is 2.34. The van der Waals surface area contributed by atoms with Crippen LogP contribution < -0.4 is 5.32 Å². The van der Waals surface area contributed by atoms with E-state index in [0.29, 0.717) is 0 Å². The normalized spacial score (nSPS) is 9.74. The van der Waals surface area contributed by atoms with E-state index < -0.39 is 17.7 Å². The fraction of sp³-hybridized carbons (Fsp3) is 0. The van der Waals surface area contributed by atoms with Gasteiger partial charge in [0, 0.05) is 6.20 Å². The molecule has 0 aliphatic carbocycles. The van der Waals surface area contributed by atoms with Crippen LogP contribution in [0.3, 0.4) is 0 Å². The Kier molecular flexibility index (Phi) is 3.48. The highest BCUT2D eigenvalue weighted by atomic mass is 19.1. The molecule has 0 radical (unpaired) electrons. The van der Waals surface area contributed by atoms with E-state index in [-0.39, 0.29) is 16.8 Å². The molecule has 6 heteroatoms. The average molecular weight is 259 g/mol. The highest BCUT2D eigenvalue weighted by Gasteiger charge is 2.10. The summed E-state index contributed by atoms with van der Waals surface area (Å²) in [5.74, 6) is -1.83. The first-order valence-corrected chi connectivity index (χ1v) is 5.22. The fourth-order valence-electron chi connectivity index (χ4n) is 1.42. The molecular formula is C13H7F2N3O. The van der Waals surface area contributed by atoms with Gasteiger partial charge in [-0.2, -0.15) is 9.65 Å². The second-order valence-electron chi connectivity index (χ2n) is 3.63. The van der Waals surface area contributed by atoms with E-state index in [4.69, 9.17) is 5.26 Å². The minimum atomic E-state index is -0.698. The molecule has 2 rings (SSSR count). The van der Waals surface area contributed by atoms with Crippen LogP contribution in [0, 0.1) is 23.1 Å². The molecule has 2 aromatic rings. The van der Waals surface area contributed by atoms with Crippen molar-refractivity contribution < 1.29 is 13.6 Å². The largest absolute Gasteiger partial charge is 0.321 e. The Morgan fingerprint density at radius 3 is 2.68 bits per heavy atom. The average Bonchev–Trinajstić information content (AvgIpc) is 2.41. The molecule has 0 unspecified atom stereocenters. The third-order valence-corrected chi connectivity index (χ3v) is 2.34. The third kappa shape index (κ3) is 2.90. The quantitative estimate of drug-likeness (QED) is 0.842. The number of halogens is 2. The summed E-state index contributed by atoms with van der Waals surface area (Å²) >= 11 is 0. The standard InChI is InChI=1S/C13H7F2N3O/c14-10-2-3-11(9(5-10)6-16)18-13(19)8-1-4-12(15)17-7-8/h1-5,7H,(H,18,19).